The van der Waals surface area contributed by atoms with Gasteiger partial charge in [-0.05, 0) is 31.6 Å². The molecule has 0 radical (unpaired) electrons. The van der Waals surface area contributed by atoms with Gasteiger partial charge in [0, 0.05) is 11.1 Å². The zero-order valence-electron chi connectivity index (χ0n) is 14.8. The van der Waals surface area contributed by atoms with Crippen LogP contribution >= 0.6 is 0 Å². The van der Waals surface area contributed by atoms with Gasteiger partial charge in [0.2, 0.25) is 0 Å². The lowest BCUT2D eigenvalue weighted by atomic mass is 9.76. The molecule has 0 saturated carbocycles. The first kappa shape index (κ1) is 18.5. The summed E-state index contributed by atoms with van der Waals surface area (Å²) >= 11 is 0. The Hall–Kier alpha value is -2.84. The van der Waals surface area contributed by atoms with Crippen LogP contribution < -0.4 is 0 Å². The van der Waals surface area contributed by atoms with Crippen molar-refractivity contribution in [1.29, 1.82) is 0 Å². The van der Waals surface area contributed by atoms with E-state index in [9.17, 15) is 5.11 Å². The normalized spacial score (nSPS) is 24.3. The molecule has 128 valence electrons. The summed E-state index contributed by atoms with van der Waals surface area (Å²) in [5.41, 5.74) is 0.698. The van der Waals surface area contributed by atoms with E-state index in [0.717, 1.165) is 5.56 Å². The van der Waals surface area contributed by atoms with Crippen LogP contribution in [0.15, 0.2) is 115 Å². The summed E-state index contributed by atoms with van der Waals surface area (Å²) in [6.45, 7) is 11.4. The lowest BCUT2D eigenvalue weighted by Crippen LogP contribution is -2.36. The molecule has 0 aliphatic carbocycles. The van der Waals surface area contributed by atoms with E-state index in [0.29, 0.717) is 22.7 Å². The van der Waals surface area contributed by atoms with Crippen LogP contribution in [-0.4, -0.2) is 5.11 Å². The number of aliphatic hydroxyl groups is 1. The highest BCUT2D eigenvalue weighted by atomic mass is 16.5. The van der Waals surface area contributed by atoms with Crippen molar-refractivity contribution >= 4 is 0 Å². The van der Waals surface area contributed by atoms with Gasteiger partial charge in [-0.1, -0.05) is 79.9 Å². The molecule has 1 aliphatic heterocycles. The molecule has 0 fully saturated rings. The first-order valence-corrected chi connectivity index (χ1v) is 8.25. The fraction of sp³-hybridized carbons (Fsp3) is 0.130. The minimum absolute atomic E-state index is 0.544. The molecule has 1 atom stereocenters. The van der Waals surface area contributed by atoms with Gasteiger partial charge < -0.3 is 9.84 Å². The standard InChI is InChI=1S/C23H24O2/c1-5-12-19-21(14-7-3)25-22(15-8-4)20(13-6-2)23(19,24)18-16-10-9-11-17-18/h5-17,24H,1,3H2,2,4H3/b13-6-,15-8-,19-12+,21-14+. The molecule has 0 saturated heterocycles. The maximum atomic E-state index is 11.9. The SMILES string of the molecule is C=C/C=C1\C(=C/C=C)OC(/C=C\C)=C(/C=C\C)C1(O)c1ccccc1. The van der Waals surface area contributed by atoms with E-state index in [1.54, 1.807) is 24.3 Å². The lowest BCUT2D eigenvalue weighted by Gasteiger charge is -2.38. The lowest BCUT2D eigenvalue weighted by molar-refractivity contribution is 0.0934. The van der Waals surface area contributed by atoms with Crippen molar-refractivity contribution in [2.75, 3.05) is 0 Å². The van der Waals surface area contributed by atoms with Crippen LogP contribution in [0.5, 0.6) is 0 Å². The highest BCUT2D eigenvalue weighted by Crippen LogP contribution is 2.47. The molecule has 1 unspecified atom stereocenters. The molecule has 2 heteroatoms. The summed E-state index contributed by atoms with van der Waals surface area (Å²) in [5.74, 6) is 1.14. The van der Waals surface area contributed by atoms with Gasteiger partial charge in [-0.3, -0.25) is 0 Å². The van der Waals surface area contributed by atoms with Crippen LogP contribution in [-0.2, 0) is 10.3 Å². The second-order valence-electron chi connectivity index (χ2n) is 5.54. The van der Waals surface area contributed by atoms with E-state index in [1.165, 1.54) is 0 Å². The Balaban J connectivity index is 2.92. The first-order chi connectivity index (χ1) is 12.1. The summed E-state index contributed by atoms with van der Waals surface area (Å²) < 4.78 is 6.07. The Morgan fingerprint density at radius 2 is 1.60 bits per heavy atom. The molecule has 2 rings (SSSR count). The van der Waals surface area contributed by atoms with E-state index in [-0.39, 0.29) is 0 Å². The molecule has 25 heavy (non-hydrogen) atoms. The maximum Gasteiger partial charge on any atom is 0.147 e. The highest BCUT2D eigenvalue weighted by molar-refractivity contribution is 5.58. The largest absolute Gasteiger partial charge is 0.457 e. The minimum atomic E-state index is -1.36. The second kappa shape index (κ2) is 8.32. The summed E-state index contributed by atoms with van der Waals surface area (Å²) in [6.07, 6.45) is 14.3. The fourth-order valence-electron chi connectivity index (χ4n) is 2.92. The van der Waals surface area contributed by atoms with Crippen molar-refractivity contribution < 1.29 is 9.84 Å². The molecular formula is C23H24O2. The summed E-state index contributed by atoms with van der Waals surface area (Å²) in [7, 11) is 0. The van der Waals surface area contributed by atoms with Gasteiger partial charge >= 0.3 is 0 Å². The van der Waals surface area contributed by atoms with Gasteiger partial charge in [0.1, 0.15) is 17.1 Å². The minimum Gasteiger partial charge on any atom is -0.457 e. The molecule has 2 nitrogen and oxygen atoms in total. The Morgan fingerprint density at radius 1 is 0.960 bits per heavy atom. The molecule has 1 N–H and O–H groups in total. The number of hydrogen-bond acceptors (Lipinski definition) is 2. The Labute approximate surface area is 150 Å². The quantitative estimate of drug-likeness (QED) is 0.772. The molecule has 1 heterocycles. The van der Waals surface area contributed by atoms with E-state index in [1.807, 2.05) is 68.5 Å². The zero-order chi connectivity index (χ0) is 18.3. The fourth-order valence-corrected chi connectivity index (χ4v) is 2.92. The Kier molecular flexibility index (Phi) is 6.15. The Bertz CT molecular complexity index is 789. The third-order valence-electron chi connectivity index (χ3n) is 3.93. The van der Waals surface area contributed by atoms with Gasteiger partial charge in [0.25, 0.3) is 0 Å². The van der Waals surface area contributed by atoms with Crippen molar-refractivity contribution in [3.63, 3.8) is 0 Å². The molecular weight excluding hydrogens is 308 g/mol. The molecule has 0 amide bonds. The number of rotatable bonds is 5. The monoisotopic (exact) mass is 332 g/mol. The first-order valence-electron chi connectivity index (χ1n) is 8.25. The molecule has 1 aromatic rings. The number of allylic oxidation sites excluding steroid dienone is 7. The van der Waals surface area contributed by atoms with Crippen LogP contribution in [0.1, 0.15) is 19.4 Å². The van der Waals surface area contributed by atoms with E-state index in [4.69, 9.17) is 4.74 Å². The van der Waals surface area contributed by atoms with Gasteiger partial charge in [-0.25, -0.2) is 0 Å². The molecule has 1 aliphatic rings. The number of ether oxygens (including phenoxy) is 1. The van der Waals surface area contributed by atoms with E-state index in [2.05, 4.69) is 13.2 Å². The van der Waals surface area contributed by atoms with Crippen LogP contribution in [0.25, 0.3) is 0 Å². The predicted molar refractivity (Wildman–Crippen MR) is 105 cm³/mol. The predicted octanol–water partition coefficient (Wildman–Crippen LogP) is 5.49. The summed E-state index contributed by atoms with van der Waals surface area (Å²) in [4.78, 5) is 0. The van der Waals surface area contributed by atoms with Crippen molar-refractivity contribution in [3.8, 4) is 0 Å². The smallest absolute Gasteiger partial charge is 0.147 e. The van der Waals surface area contributed by atoms with E-state index < -0.39 is 5.60 Å². The molecule has 1 aromatic carbocycles. The average molecular weight is 332 g/mol. The summed E-state index contributed by atoms with van der Waals surface area (Å²) in [5, 5.41) is 11.9. The topological polar surface area (TPSA) is 29.5 Å². The third-order valence-corrected chi connectivity index (χ3v) is 3.93. The Morgan fingerprint density at radius 3 is 2.16 bits per heavy atom. The zero-order valence-corrected chi connectivity index (χ0v) is 14.8. The highest BCUT2D eigenvalue weighted by Gasteiger charge is 2.44. The second-order valence-corrected chi connectivity index (χ2v) is 5.54. The van der Waals surface area contributed by atoms with E-state index >= 15 is 0 Å². The molecule has 0 bridgehead atoms. The van der Waals surface area contributed by atoms with Gasteiger partial charge in [0.15, 0.2) is 0 Å². The van der Waals surface area contributed by atoms with Crippen LogP contribution in [0.3, 0.4) is 0 Å². The van der Waals surface area contributed by atoms with Crippen LogP contribution in [0.4, 0.5) is 0 Å². The summed E-state index contributed by atoms with van der Waals surface area (Å²) in [6, 6.07) is 9.56. The van der Waals surface area contributed by atoms with Gasteiger partial charge in [-0.2, -0.15) is 0 Å². The van der Waals surface area contributed by atoms with Gasteiger partial charge in [0.05, 0.1) is 0 Å². The van der Waals surface area contributed by atoms with Crippen molar-refractivity contribution in [1.82, 2.24) is 0 Å². The third kappa shape index (κ3) is 3.49. The van der Waals surface area contributed by atoms with Crippen molar-refractivity contribution in [3.05, 3.63) is 120 Å². The average Bonchev–Trinajstić information content (AvgIpc) is 2.63. The maximum absolute atomic E-state index is 11.9. The number of hydrogen-bond donors (Lipinski definition) is 1. The van der Waals surface area contributed by atoms with Crippen LogP contribution in [0.2, 0.25) is 0 Å². The van der Waals surface area contributed by atoms with Crippen molar-refractivity contribution in [2.24, 2.45) is 0 Å². The molecule has 0 aromatic heterocycles. The molecule has 0 spiro atoms. The van der Waals surface area contributed by atoms with Gasteiger partial charge in [-0.15, -0.1) is 0 Å². The van der Waals surface area contributed by atoms with Crippen molar-refractivity contribution in [2.45, 2.75) is 19.4 Å². The number of benzene rings is 1. The van der Waals surface area contributed by atoms with Crippen LogP contribution in [0, 0.1) is 0 Å².